The van der Waals surface area contributed by atoms with Gasteiger partial charge in [0.15, 0.2) is 12.4 Å². The third kappa shape index (κ3) is 4.76. The molecule has 6 nitrogen and oxygen atoms in total. The van der Waals surface area contributed by atoms with E-state index in [0.29, 0.717) is 13.1 Å². The van der Waals surface area contributed by atoms with Crippen molar-refractivity contribution < 1.29 is 9.53 Å². The Hall–Kier alpha value is -3.41. The van der Waals surface area contributed by atoms with Crippen LogP contribution in [0, 0.1) is 13.8 Å². The lowest BCUT2D eigenvalue weighted by molar-refractivity contribution is -0.133. The summed E-state index contributed by atoms with van der Waals surface area (Å²) in [6.45, 7) is 6.90. The van der Waals surface area contributed by atoms with Crippen LogP contribution in [0.1, 0.15) is 11.1 Å². The number of carbonyl (C=O) groups excluding carboxylic acids is 1. The summed E-state index contributed by atoms with van der Waals surface area (Å²) in [6, 6.07) is 20.0. The second-order valence-corrected chi connectivity index (χ2v) is 7.62. The van der Waals surface area contributed by atoms with Gasteiger partial charge in [0, 0.05) is 31.7 Å². The van der Waals surface area contributed by atoms with Gasteiger partial charge in [0.2, 0.25) is 0 Å². The first kappa shape index (κ1) is 19.9. The van der Waals surface area contributed by atoms with Crippen LogP contribution in [0.3, 0.4) is 0 Å². The SMILES string of the molecule is Cc1ccc(-c2ccc(N3CCN(C(=O)COc4cccc(C)c4)CC3)nn2)cc1. The van der Waals surface area contributed by atoms with Gasteiger partial charge in [-0.25, -0.2) is 0 Å². The maximum absolute atomic E-state index is 12.5. The molecule has 1 amide bonds. The molecule has 0 N–H and O–H groups in total. The summed E-state index contributed by atoms with van der Waals surface area (Å²) in [5.74, 6) is 1.58. The predicted molar refractivity (Wildman–Crippen MR) is 118 cm³/mol. The van der Waals surface area contributed by atoms with Crippen LogP contribution in [-0.4, -0.2) is 53.8 Å². The van der Waals surface area contributed by atoms with Crippen LogP contribution in [0.2, 0.25) is 0 Å². The van der Waals surface area contributed by atoms with E-state index in [2.05, 4.69) is 46.3 Å². The number of amides is 1. The van der Waals surface area contributed by atoms with Crippen molar-refractivity contribution in [3.8, 4) is 17.0 Å². The molecule has 1 fully saturated rings. The van der Waals surface area contributed by atoms with E-state index in [-0.39, 0.29) is 12.5 Å². The van der Waals surface area contributed by atoms with Gasteiger partial charge in [-0.3, -0.25) is 4.79 Å². The summed E-state index contributed by atoms with van der Waals surface area (Å²) in [5, 5.41) is 8.79. The highest BCUT2D eigenvalue weighted by molar-refractivity contribution is 5.78. The summed E-state index contributed by atoms with van der Waals surface area (Å²) in [7, 11) is 0. The van der Waals surface area contributed by atoms with E-state index in [1.807, 2.05) is 48.2 Å². The van der Waals surface area contributed by atoms with Crippen molar-refractivity contribution in [2.24, 2.45) is 0 Å². The van der Waals surface area contributed by atoms with Crippen molar-refractivity contribution in [1.82, 2.24) is 15.1 Å². The molecule has 6 heteroatoms. The lowest BCUT2D eigenvalue weighted by Gasteiger charge is -2.35. The molecular formula is C24H26N4O2. The van der Waals surface area contributed by atoms with Gasteiger partial charge in [0.05, 0.1) is 5.69 Å². The molecule has 0 radical (unpaired) electrons. The first-order chi connectivity index (χ1) is 14.6. The largest absolute Gasteiger partial charge is 0.484 e. The molecule has 154 valence electrons. The molecular weight excluding hydrogens is 376 g/mol. The highest BCUT2D eigenvalue weighted by atomic mass is 16.5. The minimum absolute atomic E-state index is 0.0111. The Morgan fingerprint density at radius 1 is 0.900 bits per heavy atom. The van der Waals surface area contributed by atoms with Crippen molar-refractivity contribution in [3.63, 3.8) is 0 Å². The Kier molecular flexibility index (Phi) is 5.93. The van der Waals surface area contributed by atoms with E-state index >= 15 is 0 Å². The maximum Gasteiger partial charge on any atom is 0.260 e. The Labute approximate surface area is 177 Å². The van der Waals surface area contributed by atoms with Gasteiger partial charge in [-0.15, -0.1) is 10.2 Å². The fraction of sp³-hybridized carbons (Fsp3) is 0.292. The average Bonchev–Trinajstić information content (AvgIpc) is 2.78. The number of benzene rings is 2. The molecule has 0 unspecified atom stereocenters. The fourth-order valence-corrected chi connectivity index (χ4v) is 3.50. The van der Waals surface area contributed by atoms with Gasteiger partial charge in [-0.1, -0.05) is 42.0 Å². The molecule has 2 heterocycles. The van der Waals surface area contributed by atoms with E-state index in [1.54, 1.807) is 0 Å². The standard InChI is InChI=1S/C24H26N4O2/c1-18-6-8-20(9-7-18)22-10-11-23(26-25-22)27-12-14-28(15-13-27)24(29)17-30-21-5-3-4-19(2)16-21/h3-11,16H,12-15,17H2,1-2H3. The highest BCUT2D eigenvalue weighted by Gasteiger charge is 2.22. The van der Waals surface area contributed by atoms with Gasteiger partial charge in [0.1, 0.15) is 5.75 Å². The van der Waals surface area contributed by atoms with E-state index in [1.165, 1.54) is 5.56 Å². The average molecular weight is 402 g/mol. The Morgan fingerprint density at radius 3 is 2.33 bits per heavy atom. The number of aryl methyl sites for hydroxylation is 2. The highest BCUT2D eigenvalue weighted by Crippen LogP contribution is 2.20. The van der Waals surface area contributed by atoms with E-state index < -0.39 is 0 Å². The number of hydrogen-bond donors (Lipinski definition) is 0. The molecule has 0 atom stereocenters. The minimum atomic E-state index is 0.0111. The third-order valence-corrected chi connectivity index (χ3v) is 5.31. The van der Waals surface area contributed by atoms with Crippen LogP contribution in [0.4, 0.5) is 5.82 Å². The smallest absolute Gasteiger partial charge is 0.260 e. The van der Waals surface area contributed by atoms with Gasteiger partial charge >= 0.3 is 0 Å². The van der Waals surface area contributed by atoms with Crippen molar-refractivity contribution in [2.75, 3.05) is 37.7 Å². The zero-order valence-corrected chi connectivity index (χ0v) is 17.4. The Bertz CT molecular complexity index is 994. The fourth-order valence-electron chi connectivity index (χ4n) is 3.50. The van der Waals surface area contributed by atoms with Crippen molar-refractivity contribution >= 4 is 11.7 Å². The zero-order valence-electron chi connectivity index (χ0n) is 17.4. The second-order valence-electron chi connectivity index (χ2n) is 7.62. The summed E-state index contributed by atoms with van der Waals surface area (Å²) in [6.07, 6.45) is 0. The van der Waals surface area contributed by atoms with Gasteiger partial charge in [-0.2, -0.15) is 0 Å². The number of hydrogen-bond acceptors (Lipinski definition) is 5. The van der Waals surface area contributed by atoms with E-state index in [4.69, 9.17) is 4.74 Å². The summed E-state index contributed by atoms with van der Waals surface area (Å²) in [4.78, 5) is 16.5. The van der Waals surface area contributed by atoms with Gasteiger partial charge in [0.25, 0.3) is 5.91 Å². The second kappa shape index (κ2) is 8.95. The molecule has 0 bridgehead atoms. The maximum atomic E-state index is 12.5. The first-order valence-corrected chi connectivity index (χ1v) is 10.2. The Balaban J connectivity index is 1.29. The van der Waals surface area contributed by atoms with Crippen LogP contribution in [-0.2, 0) is 4.79 Å². The van der Waals surface area contributed by atoms with Crippen LogP contribution >= 0.6 is 0 Å². The molecule has 1 aliphatic rings. The summed E-state index contributed by atoms with van der Waals surface area (Å²) in [5.41, 5.74) is 4.26. The summed E-state index contributed by atoms with van der Waals surface area (Å²) >= 11 is 0. The van der Waals surface area contributed by atoms with Gasteiger partial charge < -0.3 is 14.5 Å². The number of aromatic nitrogens is 2. The number of ether oxygens (including phenoxy) is 1. The lowest BCUT2D eigenvalue weighted by atomic mass is 10.1. The van der Waals surface area contributed by atoms with Crippen molar-refractivity contribution in [3.05, 3.63) is 71.8 Å². The zero-order chi connectivity index (χ0) is 20.9. The van der Waals surface area contributed by atoms with Crippen LogP contribution in [0.15, 0.2) is 60.7 Å². The van der Waals surface area contributed by atoms with Crippen LogP contribution in [0.5, 0.6) is 5.75 Å². The van der Waals surface area contributed by atoms with Crippen LogP contribution in [0.25, 0.3) is 11.3 Å². The minimum Gasteiger partial charge on any atom is -0.484 e. The molecule has 3 aromatic rings. The predicted octanol–water partition coefficient (Wildman–Crippen LogP) is 3.49. The van der Waals surface area contributed by atoms with E-state index in [9.17, 15) is 4.79 Å². The molecule has 1 aliphatic heterocycles. The monoisotopic (exact) mass is 402 g/mol. The number of rotatable bonds is 5. The van der Waals surface area contributed by atoms with Crippen molar-refractivity contribution in [1.29, 1.82) is 0 Å². The molecule has 0 aliphatic carbocycles. The normalized spacial score (nSPS) is 13.9. The van der Waals surface area contributed by atoms with Crippen molar-refractivity contribution in [2.45, 2.75) is 13.8 Å². The summed E-state index contributed by atoms with van der Waals surface area (Å²) < 4.78 is 5.65. The Morgan fingerprint density at radius 2 is 1.67 bits per heavy atom. The third-order valence-electron chi connectivity index (χ3n) is 5.31. The number of carbonyl (C=O) groups is 1. The molecule has 1 saturated heterocycles. The number of nitrogens with zero attached hydrogens (tertiary/aromatic N) is 4. The molecule has 30 heavy (non-hydrogen) atoms. The lowest BCUT2D eigenvalue weighted by Crippen LogP contribution is -2.50. The first-order valence-electron chi connectivity index (χ1n) is 10.2. The number of anilines is 1. The molecule has 4 rings (SSSR count). The molecule has 0 saturated carbocycles. The molecule has 2 aromatic carbocycles. The molecule has 1 aromatic heterocycles. The number of piperazine rings is 1. The topological polar surface area (TPSA) is 58.6 Å². The van der Waals surface area contributed by atoms with Crippen LogP contribution < -0.4 is 9.64 Å². The van der Waals surface area contributed by atoms with Gasteiger partial charge in [-0.05, 0) is 43.7 Å². The van der Waals surface area contributed by atoms with E-state index in [0.717, 1.165) is 41.5 Å². The molecule has 0 spiro atoms. The quantitative estimate of drug-likeness (QED) is 0.654.